The third-order valence-electron chi connectivity index (χ3n) is 3.07. The third kappa shape index (κ3) is 2.71. The highest BCUT2D eigenvalue weighted by molar-refractivity contribution is 5.82. The fourth-order valence-corrected chi connectivity index (χ4v) is 1.99. The van der Waals surface area contributed by atoms with Gasteiger partial charge in [-0.2, -0.15) is 0 Å². The van der Waals surface area contributed by atoms with E-state index in [9.17, 15) is 0 Å². The summed E-state index contributed by atoms with van der Waals surface area (Å²) in [6.45, 7) is 2.77. The fraction of sp³-hybridized carbons (Fsp3) is 0.125. The lowest BCUT2D eigenvalue weighted by Crippen LogP contribution is -2.00. The molecule has 3 heteroatoms. The number of rotatable bonds is 3. The van der Waals surface area contributed by atoms with Crippen LogP contribution in [0.4, 0.5) is 5.69 Å². The molecular weight excluding hydrogens is 234 g/mol. The van der Waals surface area contributed by atoms with Crippen LogP contribution in [0.5, 0.6) is 0 Å². The van der Waals surface area contributed by atoms with Crippen molar-refractivity contribution in [3.8, 4) is 0 Å². The molecule has 0 spiro atoms. The summed E-state index contributed by atoms with van der Waals surface area (Å²) >= 11 is 0. The predicted molar refractivity (Wildman–Crippen MR) is 78.0 cm³/mol. The lowest BCUT2D eigenvalue weighted by atomic mass is 10.2. The minimum Gasteiger partial charge on any atom is -0.381 e. The van der Waals surface area contributed by atoms with E-state index in [1.807, 2.05) is 37.5 Å². The highest BCUT2D eigenvalue weighted by atomic mass is 14.9. The van der Waals surface area contributed by atoms with Gasteiger partial charge in [0.2, 0.25) is 0 Å². The van der Waals surface area contributed by atoms with Gasteiger partial charge in [-0.25, -0.2) is 0 Å². The molecule has 0 aliphatic heterocycles. The number of hydrogen-bond acceptors (Lipinski definition) is 3. The summed E-state index contributed by atoms with van der Waals surface area (Å²) in [5.74, 6) is 0. The van der Waals surface area contributed by atoms with E-state index in [0.717, 1.165) is 28.8 Å². The van der Waals surface area contributed by atoms with Crippen LogP contribution in [-0.4, -0.2) is 9.97 Å². The molecule has 2 heterocycles. The SMILES string of the molecule is Cc1ccc(CNc2ccc3ncccc3c2)cn1. The van der Waals surface area contributed by atoms with E-state index in [1.54, 1.807) is 0 Å². The normalized spacial score (nSPS) is 10.6. The summed E-state index contributed by atoms with van der Waals surface area (Å²) in [5, 5.41) is 4.55. The van der Waals surface area contributed by atoms with Gasteiger partial charge in [0.05, 0.1) is 5.52 Å². The van der Waals surface area contributed by atoms with Crippen molar-refractivity contribution in [3.63, 3.8) is 0 Å². The number of hydrogen-bond donors (Lipinski definition) is 1. The standard InChI is InChI=1S/C16H15N3/c1-12-4-5-13(10-18-12)11-19-15-6-7-16-14(9-15)3-2-8-17-16/h2-10,19H,11H2,1H3. The Morgan fingerprint density at radius 1 is 1.05 bits per heavy atom. The van der Waals surface area contributed by atoms with E-state index < -0.39 is 0 Å². The number of fused-ring (bicyclic) bond motifs is 1. The maximum atomic E-state index is 4.31. The van der Waals surface area contributed by atoms with Crippen molar-refractivity contribution in [2.45, 2.75) is 13.5 Å². The lowest BCUT2D eigenvalue weighted by Gasteiger charge is -2.07. The Labute approximate surface area is 112 Å². The Morgan fingerprint density at radius 3 is 2.84 bits per heavy atom. The van der Waals surface area contributed by atoms with Crippen molar-refractivity contribution in [1.29, 1.82) is 0 Å². The van der Waals surface area contributed by atoms with E-state index in [2.05, 4.69) is 39.6 Å². The van der Waals surface area contributed by atoms with Gasteiger partial charge in [0.1, 0.15) is 0 Å². The molecule has 94 valence electrons. The molecule has 0 bridgehead atoms. The Bertz CT molecular complexity index is 690. The first-order valence-corrected chi connectivity index (χ1v) is 6.31. The summed E-state index contributed by atoms with van der Waals surface area (Å²) in [4.78, 5) is 8.60. The predicted octanol–water partition coefficient (Wildman–Crippen LogP) is 3.55. The first-order chi connectivity index (χ1) is 9.31. The first kappa shape index (κ1) is 11.7. The van der Waals surface area contributed by atoms with Gasteiger partial charge in [0, 0.05) is 35.7 Å². The molecule has 19 heavy (non-hydrogen) atoms. The van der Waals surface area contributed by atoms with Gasteiger partial charge in [-0.1, -0.05) is 12.1 Å². The fourth-order valence-electron chi connectivity index (χ4n) is 1.99. The van der Waals surface area contributed by atoms with Crippen molar-refractivity contribution < 1.29 is 0 Å². The van der Waals surface area contributed by atoms with E-state index in [4.69, 9.17) is 0 Å². The number of nitrogens with one attached hydrogen (secondary N) is 1. The summed E-state index contributed by atoms with van der Waals surface area (Å²) in [7, 11) is 0. The average Bonchev–Trinajstić information content (AvgIpc) is 2.46. The second-order valence-electron chi connectivity index (χ2n) is 4.57. The number of nitrogens with zero attached hydrogens (tertiary/aromatic N) is 2. The molecule has 0 saturated heterocycles. The molecule has 2 aromatic heterocycles. The molecule has 0 fully saturated rings. The maximum Gasteiger partial charge on any atom is 0.0703 e. The van der Waals surface area contributed by atoms with E-state index >= 15 is 0 Å². The second-order valence-corrected chi connectivity index (χ2v) is 4.57. The van der Waals surface area contributed by atoms with Gasteiger partial charge in [-0.15, -0.1) is 0 Å². The molecule has 1 aromatic carbocycles. The molecule has 0 atom stereocenters. The number of benzene rings is 1. The topological polar surface area (TPSA) is 37.8 Å². The van der Waals surface area contributed by atoms with E-state index in [0.29, 0.717) is 0 Å². The number of aryl methyl sites for hydroxylation is 1. The van der Waals surface area contributed by atoms with E-state index in [-0.39, 0.29) is 0 Å². The van der Waals surface area contributed by atoms with Crippen molar-refractivity contribution >= 4 is 16.6 Å². The van der Waals surface area contributed by atoms with Gasteiger partial charge in [-0.3, -0.25) is 9.97 Å². The van der Waals surface area contributed by atoms with Gasteiger partial charge >= 0.3 is 0 Å². The number of aromatic nitrogens is 2. The molecule has 0 aliphatic carbocycles. The van der Waals surface area contributed by atoms with Crippen LogP contribution < -0.4 is 5.32 Å². The zero-order valence-corrected chi connectivity index (χ0v) is 10.8. The summed E-state index contributed by atoms with van der Waals surface area (Å²) in [6.07, 6.45) is 3.72. The molecule has 1 N–H and O–H groups in total. The van der Waals surface area contributed by atoms with Gasteiger partial charge in [0.15, 0.2) is 0 Å². The van der Waals surface area contributed by atoms with Crippen LogP contribution in [0.1, 0.15) is 11.3 Å². The molecule has 0 aliphatic rings. The minimum atomic E-state index is 0.777. The highest BCUT2D eigenvalue weighted by Gasteiger charge is 1.97. The zero-order chi connectivity index (χ0) is 13.1. The van der Waals surface area contributed by atoms with Gasteiger partial charge < -0.3 is 5.32 Å². The van der Waals surface area contributed by atoms with Crippen molar-refractivity contribution in [2.24, 2.45) is 0 Å². The second kappa shape index (κ2) is 5.06. The van der Waals surface area contributed by atoms with Crippen LogP contribution in [0, 0.1) is 6.92 Å². The Morgan fingerprint density at radius 2 is 2.00 bits per heavy atom. The Balaban J connectivity index is 1.76. The van der Waals surface area contributed by atoms with Crippen LogP contribution in [0.25, 0.3) is 10.9 Å². The van der Waals surface area contributed by atoms with Crippen LogP contribution in [-0.2, 0) is 6.54 Å². The average molecular weight is 249 g/mol. The molecule has 0 radical (unpaired) electrons. The lowest BCUT2D eigenvalue weighted by molar-refractivity contribution is 1.09. The van der Waals surface area contributed by atoms with Crippen molar-refractivity contribution in [3.05, 3.63) is 66.1 Å². The first-order valence-electron chi connectivity index (χ1n) is 6.31. The van der Waals surface area contributed by atoms with Crippen LogP contribution in [0.15, 0.2) is 54.9 Å². The third-order valence-corrected chi connectivity index (χ3v) is 3.07. The molecular formula is C16H15N3. The molecule has 0 amide bonds. The Kier molecular flexibility index (Phi) is 3.11. The molecule has 3 aromatic rings. The van der Waals surface area contributed by atoms with Crippen LogP contribution in [0.3, 0.4) is 0 Å². The summed E-state index contributed by atoms with van der Waals surface area (Å²) < 4.78 is 0. The smallest absolute Gasteiger partial charge is 0.0703 e. The van der Waals surface area contributed by atoms with Crippen molar-refractivity contribution in [2.75, 3.05) is 5.32 Å². The van der Waals surface area contributed by atoms with Crippen molar-refractivity contribution in [1.82, 2.24) is 9.97 Å². The molecule has 0 saturated carbocycles. The highest BCUT2D eigenvalue weighted by Crippen LogP contribution is 2.17. The largest absolute Gasteiger partial charge is 0.381 e. The summed E-state index contributed by atoms with van der Waals surface area (Å²) in [6, 6.07) is 14.3. The minimum absolute atomic E-state index is 0.777. The number of anilines is 1. The van der Waals surface area contributed by atoms with Gasteiger partial charge in [0.25, 0.3) is 0 Å². The molecule has 3 rings (SSSR count). The molecule has 0 unspecified atom stereocenters. The van der Waals surface area contributed by atoms with E-state index in [1.165, 1.54) is 5.56 Å². The summed E-state index contributed by atoms with van der Waals surface area (Å²) in [5.41, 5.74) is 4.34. The van der Waals surface area contributed by atoms with Crippen LogP contribution >= 0.6 is 0 Å². The maximum absolute atomic E-state index is 4.31. The molecule has 3 nitrogen and oxygen atoms in total. The Hall–Kier alpha value is -2.42. The van der Waals surface area contributed by atoms with Crippen LogP contribution in [0.2, 0.25) is 0 Å². The zero-order valence-electron chi connectivity index (χ0n) is 10.8. The number of pyridine rings is 2. The van der Waals surface area contributed by atoms with Gasteiger partial charge in [-0.05, 0) is 42.8 Å². The monoisotopic (exact) mass is 249 g/mol. The quantitative estimate of drug-likeness (QED) is 0.771.